The number of benzene rings is 1. The summed E-state index contributed by atoms with van der Waals surface area (Å²) in [7, 11) is 0. The van der Waals surface area contributed by atoms with Gasteiger partial charge in [0.25, 0.3) is 5.91 Å². The second-order valence-corrected chi connectivity index (χ2v) is 5.87. The Labute approximate surface area is 152 Å². The van der Waals surface area contributed by atoms with E-state index >= 15 is 0 Å². The molecule has 0 aliphatic carbocycles. The van der Waals surface area contributed by atoms with Crippen molar-refractivity contribution in [3.63, 3.8) is 0 Å². The number of anilines is 1. The molecular formula is C20H22N4O2. The zero-order valence-corrected chi connectivity index (χ0v) is 14.7. The first-order chi connectivity index (χ1) is 12.8. The van der Waals surface area contributed by atoms with Gasteiger partial charge in [0.1, 0.15) is 17.3 Å². The molecule has 1 aromatic carbocycles. The maximum Gasteiger partial charge on any atom is 0.270 e. The molecule has 0 aliphatic rings. The van der Waals surface area contributed by atoms with E-state index in [2.05, 4.69) is 27.5 Å². The van der Waals surface area contributed by atoms with Gasteiger partial charge in [-0.1, -0.05) is 43.7 Å². The number of rotatable bonds is 8. The Balaban J connectivity index is 1.82. The summed E-state index contributed by atoms with van der Waals surface area (Å²) in [6.07, 6.45) is 3.69. The van der Waals surface area contributed by atoms with Gasteiger partial charge in [-0.3, -0.25) is 4.79 Å². The minimum absolute atomic E-state index is 0.264. The maximum atomic E-state index is 12.5. The van der Waals surface area contributed by atoms with Crippen LogP contribution >= 0.6 is 0 Å². The molecule has 3 aromatic rings. The Kier molecular flexibility index (Phi) is 5.98. The predicted octanol–water partition coefficient (Wildman–Crippen LogP) is 3.88. The fourth-order valence-electron chi connectivity index (χ4n) is 2.43. The van der Waals surface area contributed by atoms with Crippen LogP contribution in [0.5, 0.6) is 0 Å². The standard InChI is InChI=1S/C20H22N4O2/c1-2-3-11-21-18-13-17(20(25)22-14-16-10-7-12-26-16)23-19(24-18)15-8-5-4-6-9-15/h4-10,12-13H,2-3,11,14H2,1H3,(H,22,25)(H,21,23,24). The summed E-state index contributed by atoms with van der Waals surface area (Å²) in [6.45, 7) is 3.24. The van der Waals surface area contributed by atoms with Crippen molar-refractivity contribution in [2.24, 2.45) is 0 Å². The van der Waals surface area contributed by atoms with Crippen LogP contribution in [-0.2, 0) is 6.54 Å². The van der Waals surface area contributed by atoms with Crippen molar-refractivity contribution >= 4 is 11.7 Å². The van der Waals surface area contributed by atoms with Gasteiger partial charge in [-0.25, -0.2) is 9.97 Å². The van der Waals surface area contributed by atoms with Gasteiger partial charge in [-0.15, -0.1) is 0 Å². The van der Waals surface area contributed by atoms with Gasteiger partial charge in [0.05, 0.1) is 12.8 Å². The number of nitrogens with zero attached hydrogens (tertiary/aromatic N) is 2. The Morgan fingerprint density at radius 2 is 1.96 bits per heavy atom. The average molecular weight is 350 g/mol. The van der Waals surface area contributed by atoms with Gasteiger partial charge >= 0.3 is 0 Å². The van der Waals surface area contributed by atoms with Gasteiger partial charge in [0, 0.05) is 18.2 Å². The molecule has 6 heteroatoms. The third-order valence-electron chi connectivity index (χ3n) is 3.83. The molecule has 0 fully saturated rings. The molecule has 134 valence electrons. The molecule has 0 saturated heterocycles. The van der Waals surface area contributed by atoms with Gasteiger partial charge in [-0.2, -0.15) is 0 Å². The Morgan fingerprint density at radius 3 is 2.69 bits per heavy atom. The van der Waals surface area contributed by atoms with Gasteiger partial charge in [0.2, 0.25) is 0 Å². The lowest BCUT2D eigenvalue weighted by Crippen LogP contribution is -2.24. The molecule has 2 N–H and O–H groups in total. The second kappa shape index (κ2) is 8.80. The number of hydrogen-bond acceptors (Lipinski definition) is 5. The van der Waals surface area contributed by atoms with Crippen molar-refractivity contribution in [2.75, 3.05) is 11.9 Å². The molecule has 3 rings (SSSR count). The number of nitrogens with one attached hydrogen (secondary N) is 2. The number of amides is 1. The summed E-state index contributed by atoms with van der Waals surface area (Å²) < 4.78 is 5.24. The van der Waals surface area contributed by atoms with Crippen molar-refractivity contribution in [3.05, 3.63) is 66.2 Å². The highest BCUT2D eigenvalue weighted by atomic mass is 16.3. The molecule has 0 aliphatic heterocycles. The molecule has 1 amide bonds. The highest BCUT2D eigenvalue weighted by molar-refractivity contribution is 5.93. The molecule has 2 aromatic heterocycles. The van der Waals surface area contributed by atoms with Gasteiger partial charge in [0.15, 0.2) is 5.82 Å². The monoisotopic (exact) mass is 350 g/mol. The molecule has 0 atom stereocenters. The fraction of sp³-hybridized carbons (Fsp3) is 0.250. The van der Waals surface area contributed by atoms with Crippen molar-refractivity contribution < 1.29 is 9.21 Å². The summed E-state index contributed by atoms with van der Waals surface area (Å²) in [6, 6.07) is 14.9. The summed E-state index contributed by atoms with van der Waals surface area (Å²) >= 11 is 0. The minimum Gasteiger partial charge on any atom is -0.467 e. The molecule has 0 bridgehead atoms. The number of furan rings is 1. The average Bonchev–Trinajstić information content (AvgIpc) is 3.20. The summed E-state index contributed by atoms with van der Waals surface area (Å²) in [4.78, 5) is 21.5. The normalized spacial score (nSPS) is 10.5. The number of carbonyl (C=O) groups excluding carboxylic acids is 1. The van der Waals surface area contributed by atoms with E-state index in [0.717, 1.165) is 24.9 Å². The molecule has 2 heterocycles. The molecule has 0 radical (unpaired) electrons. The Morgan fingerprint density at radius 1 is 1.12 bits per heavy atom. The third kappa shape index (κ3) is 4.69. The molecule has 0 saturated carbocycles. The summed E-state index contributed by atoms with van der Waals surface area (Å²) in [5.41, 5.74) is 1.19. The maximum absolute atomic E-state index is 12.5. The zero-order chi connectivity index (χ0) is 18.2. The van der Waals surface area contributed by atoms with Crippen LogP contribution in [0.2, 0.25) is 0 Å². The Bertz CT molecular complexity index is 832. The topological polar surface area (TPSA) is 80.0 Å². The first kappa shape index (κ1) is 17.7. The highest BCUT2D eigenvalue weighted by Gasteiger charge is 2.13. The number of carbonyl (C=O) groups is 1. The van der Waals surface area contributed by atoms with Crippen LogP contribution in [0.25, 0.3) is 11.4 Å². The lowest BCUT2D eigenvalue weighted by Gasteiger charge is -2.10. The van der Waals surface area contributed by atoms with Crippen LogP contribution in [0.1, 0.15) is 36.0 Å². The van der Waals surface area contributed by atoms with E-state index in [0.29, 0.717) is 29.6 Å². The number of hydrogen-bond donors (Lipinski definition) is 2. The van der Waals surface area contributed by atoms with Gasteiger partial charge < -0.3 is 15.1 Å². The molecular weight excluding hydrogens is 328 g/mol. The van der Waals surface area contributed by atoms with Crippen molar-refractivity contribution in [2.45, 2.75) is 26.3 Å². The van der Waals surface area contributed by atoms with Gasteiger partial charge in [-0.05, 0) is 18.6 Å². The van der Waals surface area contributed by atoms with E-state index in [1.807, 2.05) is 36.4 Å². The third-order valence-corrected chi connectivity index (χ3v) is 3.83. The predicted molar refractivity (Wildman–Crippen MR) is 101 cm³/mol. The summed E-state index contributed by atoms with van der Waals surface area (Å²) in [5, 5.41) is 6.09. The van der Waals surface area contributed by atoms with Crippen molar-refractivity contribution in [1.82, 2.24) is 15.3 Å². The first-order valence-electron chi connectivity index (χ1n) is 8.75. The van der Waals surface area contributed by atoms with E-state index < -0.39 is 0 Å². The molecule has 0 spiro atoms. The largest absolute Gasteiger partial charge is 0.467 e. The van der Waals surface area contributed by atoms with Crippen LogP contribution in [0.4, 0.5) is 5.82 Å². The lowest BCUT2D eigenvalue weighted by molar-refractivity contribution is 0.0943. The van der Waals surface area contributed by atoms with E-state index in [4.69, 9.17) is 4.42 Å². The van der Waals surface area contributed by atoms with E-state index in [9.17, 15) is 4.79 Å². The smallest absolute Gasteiger partial charge is 0.270 e. The van der Waals surface area contributed by atoms with E-state index in [1.165, 1.54) is 0 Å². The van der Waals surface area contributed by atoms with E-state index in [1.54, 1.807) is 18.4 Å². The molecule has 0 unspecified atom stereocenters. The first-order valence-corrected chi connectivity index (χ1v) is 8.75. The highest BCUT2D eigenvalue weighted by Crippen LogP contribution is 2.18. The van der Waals surface area contributed by atoms with Crippen LogP contribution < -0.4 is 10.6 Å². The number of aromatic nitrogens is 2. The minimum atomic E-state index is -0.264. The number of unbranched alkanes of at least 4 members (excludes halogenated alkanes) is 1. The second-order valence-electron chi connectivity index (χ2n) is 5.87. The van der Waals surface area contributed by atoms with Crippen LogP contribution in [0.15, 0.2) is 59.2 Å². The van der Waals surface area contributed by atoms with Crippen LogP contribution in [0, 0.1) is 0 Å². The van der Waals surface area contributed by atoms with E-state index in [-0.39, 0.29) is 5.91 Å². The SMILES string of the molecule is CCCCNc1cc(C(=O)NCc2ccco2)nc(-c2ccccc2)n1. The quantitative estimate of drug-likeness (QED) is 0.603. The molecule has 6 nitrogen and oxygen atoms in total. The van der Waals surface area contributed by atoms with Crippen molar-refractivity contribution in [1.29, 1.82) is 0 Å². The fourth-order valence-corrected chi connectivity index (χ4v) is 2.43. The lowest BCUT2D eigenvalue weighted by atomic mass is 10.2. The molecule has 26 heavy (non-hydrogen) atoms. The summed E-state index contributed by atoms with van der Waals surface area (Å²) in [5.74, 6) is 1.60. The zero-order valence-electron chi connectivity index (χ0n) is 14.7. The van der Waals surface area contributed by atoms with Crippen LogP contribution in [-0.4, -0.2) is 22.4 Å². The van der Waals surface area contributed by atoms with Crippen LogP contribution in [0.3, 0.4) is 0 Å². The van der Waals surface area contributed by atoms with Crippen molar-refractivity contribution in [3.8, 4) is 11.4 Å². The Hall–Kier alpha value is -3.15.